The Balaban J connectivity index is 2.45. The summed E-state index contributed by atoms with van der Waals surface area (Å²) in [6.45, 7) is 8.24. The fraction of sp³-hybridized carbons (Fsp3) is 0.250. The topological polar surface area (TPSA) is 57.5 Å². The molecule has 0 unspecified atom stereocenters. The van der Waals surface area contributed by atoms with Crippen molar-refractivity contribution in [2.24, 2.45) is 0 Å². The zero-order chi connectivity index (χ0) is 17.1. The Bertz CT molecular complexity index is 685. The predicted molar refractivity (Wildman–Crippen MR) is 91.0 cm³/mol. The summed E-state index contributed by atoms with van der Waals surface area (Å²) in [5.74, 6) is 0.502. The molecule has 2 aromatic carbocycles. The minimum absolute atomic E-state index is 0.167. The first-order valence-corrected chi connectivity index (χ1v) is 7.65. The molecule has 0 saturated heterocycles. The highest BCUT2D eigenvalue weighted by atomic mass is 16.4. The number of carboxylic acids is 1. The molecule has 0 heterocycles. The van der Waals surface area contributed by atoms with Crippen LogP contribution in [-0.2, 0) is 0 Å². The molecule has 0 aromatic heterocycles. The molecule has 23 heavy (non-hydrogen) atoms. The van der Waals surface area contributed by atoms with Gasteiger partial charge >= 0.3 is 5.97 Å². The van der Waals surface area contributed by atoms with Crippen LogP contribution in [-0.4, -0.2) is 16.2 Å². The lowest BCUT2D eigenvalue weighted by molar-refractivity contribution is 0.0697. The standard InChI is InChI=1S/C20H22O3/c1-12(2)16-9-10-17(13(3)4)18(11-16)19(21)14-5-7-15(8-6-14)20(22)23/h5-12,21H,1-4H3,(H,22,23). The van der Waals surface area contributed by atoms with Gasteiger partial charge in [0.25, 0.3) is 0 Å². The van der Waals surface area contributed by atoms with Gasteiger partial charge in [0.1, 0.15) is 0 Å². The van der Waals surface area contributed by atoms with Crippen molar-refractivity contribution in [2.75, 3.05) is 0 Å². The van der Waals surface area contributed by atoms with Crippen molar-refractivity contribution in [3.05, 3.63) is 82.3 Å². The summed E-state index contributed by atoms with van der Waals surface area (Å²) >= 11 is 0. The first-order valence-electron chi connectivity index (χ1n) is 7.65. The molecule has 2 N–H and O–H groups in total. The van der Waals surface area contributed by atoms with E-state index in [4.69, 9.17) is 5.11 Å². The van der Waals surface area contributed by atoms with Crippen molar-refractivity contribution < 1.29 is 15.0 Å². The van der Waals surface area contributed by atoms with E-state index < -0.39 is 5.97 Å². The second-order valence-electron chi connectivity index (χ2n) is 6.19. The maximum absolute atomic E-state index is 10.9. The van der Waals surface area contributed by atoms with E-state index >= 15 is 0 Å². The van der Waals surface area contributed by atoms with Gasteiger partial charge in [0.15, 0.2) is 6.10 Å². The summed E-state index contributed by atoms with van der Waals surface area (Å²) in [6, 6.07) is 12.4. The molecule has 120 valence electrons. The monoisotopic (exact) mass is 310 g/mol. The zero-order valence-corrected chi connectivity index (χ0v) is 13.9. The summed E-state index contributed by atoms with van der Waals surface area (Å²) in [4.78, 5) is 10.9. The average molecular weight is 310 g/mol. The van der Waals surface area contributed by atoms with Crippen molar-refractivity contribution in [2.45, 2.75) is 33.6 Å². The van der Waals surface area contributed by atoms with Crippen LogP contribution in [0.25, 0.3) is 0 Å². The van der Waals surface area contributed by atoms with Crippen LogP contribution in [0, 0.1) is 12.0 Å². The Morgan fingerprint density at radius 2 is 1.43 bits per heavy atom. The number of aliphatic hydroxyl groups is 1. The van der Waals surface area contributed by atoms with Crippen LogP contribution >= 0.6 is 0 Å². The molecule has 0 aliphatic heterocycles. The van der Waals surface area contributed by atoms with E-state index in [0.717, 1.165) is 22.6 Å². The molecular weight excluding hydrogens is 288 g/mol. The summed E-state index contributed by atoms with van der Waals surface area (Å²) in [5.41, 5.74) is 3.74. The zero-order valence-electron chi connectivity index (χ0n) is 13.9. The molecule has 0 atom stereocenters. The fourth-order valence-electron chi connectivity index (χ4n) is 2.48. The first-order chi connectivity index (χ1) is 10.8. The average Bonchev–Trinajstić information content (AvgIpc) is 2.53. The molecule has 0 bridgehead atoms. The van der Waals surface area contributed by atoms with Crippen molar-refractivity contribution >= 4 is 5.97 Å². The van der Waals surface area contributed by atoms with Crippen molar-refractivity contribution in [3.8, 4) is 0 Å². The van der Waals surface area contributed by atoms with Crippen molar-refractivity contribution in [3.63, 3.8) is 0 Å². The lowest BCUT2D eigenvalue weighted by Crippen LogP contribution is -2.08. The van der Waals surface area contributed by atoms with E-state index in [1.165, 1.54) is 12.1 Å². The van der Waals surface area contributed by atoms with Crippen LogP contribution in [0.3, 0.4) is 0 Å². The molecular formula is C20H22O3. The van der Waals surface area contributed by atoms with E-state index in [9.17, 15) is 9.90 Å². The van der Waals surface area contributed by atoms with Crippen LogP contribution in [0.1, 0.15) is 66.2 Å². The van der Waals surface area contributed by atoms with Crippen molar-refractivity contribution in [1.82, 2.24) is 0 Å². The van der Waals surface area contributed by atoms with Crippen molar-refractivity contribution in [1.29, 1.82) is 0 Å². The second kappa shape index (κ2) is 6.97. The summed E-state index contributed by atoms with van der Waals surface area (Å²) in [6.07, 6.45) is 0.167. The third-order valence-electron chi connectivity index (χ3n) is 3.91. The van der Waals surface area contributed by atoms with E-state index in [0.29, 0.717) is 11.5 Å². The summed E-state index contributed by atoms with van der Waals surface area (Å²) in [7, 11) is 0. The van der Waals surface area contributed by atoms with Gasteiger partial charge in [-0.2, -0.15) is 0 Å². The summed E-state index contributed by atoms with van der Waals surface area (Å²) in [5, 5.41) is 19.7. The minimum atomic E-state index is -0.976. The van der Waals surface area contributed by atoms with E-state index in [1.54, 1.807) is 12.1 Å². The number of benzene rings is 2. The fourth-order valence-corrected chi connectivity index (χ4v) is 2.48. The molecule has 0 aliphatic rings. The van der Waals surface area contributed by atoms with Gasteiger partial charge in [-0.1, -0.05) is 58.0 Å². The largest absolute Gasteiger partial charge is 0.478 e. The SMILES string of the molecule is C[C](C)c1ccc(C(C)C)cc1[C](O)c1ccc(C(=O)O)cc1. The smallest absolute Gasteiger partial charge is 0.335 e. The lowest BCUT2D eigenvalue weighted by Gasteiger charge is -2.19. The van der Waals surface area contributed by atoms with E-state index in [1.807, 2.05) is 26.0 Å². The lowest BCUT2D eigenvalue weighted by atomic mass is 9.87. The van der Waals surface area contributed by atoms with E-state index in [2.05, 4.69) is 19.9 Å². The normalized spacial score (nSPS) is 11.5. The van der Waals surface area contributed by atoms with Crippen LogP contribution in [0.15, 0.2) is 42.5 Å². The Labute approximate surface area is 137 Å². The Morgan fingerprint density at radius 1 is 0.870 bits per heavy atom. The number of carboxylic acid groups (broad SMARTS) is 1. The number of hydrogen-bond acceptors (Lipinski definition) is 2. The maximum atomic E-state index is 10.9. The predicted octanol–water partition coefficient (Wildman–Crippen LogP) is 4.77. The Hall–Kier alpha value is -2.13. The van der Waals surface area contributed by atoms with Gasteiger partial charge in [-0.05, 0) is 46.2 Å². The Morgan fingerprint density at radius 3 is 1.91 bits per heavy atom. The highest BCUT2D eigenvalue weighted by molar-refractivity contribution is 5.87. The molecule has 0 saturated carbocycles. The van der Waals surface area contributed by atoms with Gasteiger partial charge in [-0.25, -0.2) is 4.79 Å². The highest BCUT2D eigenvalue weighted by Crippen LogP contribution is 2.31. The maximum Gasteiger partial charge on any atom is 0.335 e. The first kappa shape index (κ1) is 17.2. The Kier molecular flexibility index (Phi) is 5.22. The van der Waals surface area contributed by atoms with Gasteiger partial charge in [0, 0.05) is 0 Å². The minimum Gasteiger partial charge on any atom is -0.478 e. The van der Waals surface area contributed by atoms with Crippen LogP contribution in [0.5, 0.6) is 0 Å². The molecule has 0 spiro atoms. The van der Waals surface area contributed by atoms with Crippen LogP contribution in [0.2, 0.25) is 0 Å². The molecule has 3 nitrogen and oxygen atoms in total. The number of rotatable bonds is 5. The van der Waals surface area contributed by atoms with Gasteiger partial charge in [-0.3, -0.25) is 0 Å². The molecule has 0 amide bonds. The third-order valence-corrected chi connectivity index (χ3v) is 3.91. The van der Waals surface area contributed by atoms with Gasteiger partial charge in [-0.15, -0.1) is 0 Å². The summed E-state index contributed by atoms with van der Waals surface area (Å²) < 4.78 is 0. The van der Waals surface area contributed by atoms with Gasteiger partial charge in [0.05, 0.1) is 5.56 Å². The third kappa shape index (κ3) is 3.80. The molecule has 0 aliphatic carbocycles. The van der Waals surface area contributed by atoms with Gasteiger partial charge in [0.2, 0.25) is 0 Å². The molecule has 3 heteroatoms. The van der Waals surface area contributed by atoms with Gasteiger partial charge < -0.3 is 10.2 Å². The molecule has 2 rings (SSSR count). The molecule has 2 radical (unpaired) electrons. The number of aromatic carboxylic acids is 1. The second-order valence-corrected chi connectivity index (χ2v) is 6.19. The number of hydrogen-bond donors (Lipinski definition) is 2. The quantitative estimate of drug-likeness (QED) is 0.836. The van der Waals surface area contributed by atoms with E-state index in [-0.39, 0.29) is 11.7 Å². The highest BCUT2D eigenvalue weighted by Gasteiger charge is 2.19. The van der Waals surface area contributed by atoms with Crippen LogP contribution in [0.4, 0.5) is 0 Å². The number of aliphatic hydroxyl groups excluding tert-OH is 1. The van der Waals surface area contributed by atoms with Crippen LogP contribution < -0.4 is 0 Å². The molecule has 0 fully saturated rings. The number of carbonyl (C=O) groups is 1. The molecule has 2 aromatic rings.